The molecule has 1 N–H and O–H groups in total. The molecular weight excluding hydrogens is 456 g/mol. The standard InChI is InChI=1S/C29H30N2O3S/c1-19-11-14-24-25(15-19)31(23(16-27(32)33)13-12-21-8-4-3-5-9-21)29(34)30(24)17-22-18-35-26-10-6-7-20(2)28(22)26/h3-11,14-15,22-23H,12-13,16-18H2,1-2H3,(H,32,33)/t22?,23-/m0/s1. The van der Waals surface area contributed by atoms with E-state index >= 15 is 0 Å². The highest BCUT2D eigenvalue weighted by Gasteiger charge is 2.28. The molecule has 1 unspecified atom stereocenters. The molecule has 1 aliphatic heterocycles. The van der Waals surface area contributed by atoms with Crippen molar-refractivity contribution in [3.63, 3.8) is 0 Å². The molecule has 0 saturated heterocycles. The maximum atomic E-state index is 13.9. The zero-order valence-electron chi connectivity index (χ0n) is 20.1. The number of fused-ring (bicyclic) bond motifs is 2. The minimum absolute atomic E-state index is 0.0823. The van der Waals surface area contributed by atoms with E-state index in [0.717, 1.165) is 34.3 Å². The fraction of sp³-hybridized carbons (Fsp3) is 0.310. The first-order chi connectivity index (χ1) is 16.9. The number of aromatic nitrogens is 2. The maximum Gasteiger partial charge on any atom is 0.329 e. The third-order valence-corrected chi connectivity index (χ3v) is 8.27. The Morgan fingerprint density at radius 2 is 1.86 bits per heavy atom. The lowest BCUT2D eigenvalue weighted by Gasteiger charge is -2.17. The minimum atomic E-state index is -0.889. The number of hydrogen-bond acceptors (Lipinski definition) is 3. The molecule has 35 heavy (non-hydrogen) atoms. The van der Waals surface area contributed by atoms with Gasteiger partial charge in [0.15, 0.2) is 0 Å². The van der Waals surface area contributed by atoms with E-state index in [4.69, 9.17) is 0 Å². The summed E-state index contributed by atoms with van der Waals surface area (Å²) in [6.45, 7) is 4.74. The molecule has 5 nitrogen and oxygen atoms in total. The summed E-state index contributed by atoms with van der Waals surface area (Å²) < 4.78 is 3.62. The lowest BCUT2D eigenvalue weighted by atomic mass is 9.96. The number of carboxylic acid groups (broad SMARTS) is 1. The number of rotatable bonds is 8. The molecule has 0 bridgehead atoms. The van der Waals surface area contributed by atoms with Crippen LogP contribution in [-0.4, -0.2) is 26.0 Å². The molecule has 0 spiro atoms. The minimum Gasteiger partial charge on any atom is -0.481 e. The Morgan fingerprint density at radius 1 is 1.06 bits per heavy atom. The van der Waals surface area contributed by atoms with E-state index in [0.29, 0.717) is 13.0 Å². The van der Waals surface area contributed by atoms with E-state index in [1.807, 2.05) is 71.8 Å². The first-order valence-electron chi connectivity index (χ1n) is 12.1. The highest BCUT2D eigenvalue weighted by atomic mass is 32.2. The zero-order chi connectivity index (χ0) is 24.5. The Balaban J connectivity index is 1.57. The molecule has 0 saturated carbocycles. The average molecular weight is 487 g/mol. The Morgan fingerprint density at radius 3 is 2.63 bits per heavy atom. The van der Waals surface area contributed by atoms with Crippen molar-refractivity contribution >= 4 is 28.8 Å². The second kappa shape index (κ2) is 9.78. The fourth-order valence-electron chi connectivity index (χ4n) is 5.36. The molecule has 4 aromatic rings. The molecule has 2 atom stereocenters. The Kier molecular flexibility index (Phi) is 6.56. The molecule has 2 heterocycles. The monoisotopic (exact) mass is 486 g/mol. The summed E-state index contributed by atoms with van der Waals surface area (Å²) in [6, 6.07) is 22.1. The van der Waals surface area contributed by atoms with Gasteiger partial charge in [0.2, 0.25) is 0 Å². The lowest BCUT2D eigenvalue weighted by molar-refractivity contribution is -0.137. The SMILES string of the molecule is Cc1ccc2c(c1)n([C@@H](CCc1ccccc1)CC(=O)O)c(=O)n2CC1CSc2cccc(C)c21. The molecular formula is C29H30N2O3S. The van der Waals surface area contributed by atoms with E-state index in [1.165, 1.54) is 16.0 Å². The molecule has 0 amide bonds. The van der Waals surface area contributed by atoms with Crippen LogP contribution in [0.3, 0.4) is 0 Å². The summed E-state index contributed by atoms with van der Waals surface area (Å²) in [4.78, 5) is 27.1. The van der Waals surface area contributed by atoms with Crippen molar-refractivity contribution in [3.05, 3.63) is 99.5 Å². The molecule has 1 aromatic heterocycles. The Labute approximate surface area is 209 Å². The number of carboxylic acids is 1. The largest absolute Gasteiger partial charge is 0.481 e. The van der Waals surface area contributed by atoms with Gasteiger partial charge in [0, 0.05) is 29.2 Å². The van der Waals surface area contributed by atoms with Gasteiger partial charge in [-0.2, -0.15) is 0 Å². The van der Waals surface area contributed by atoms with Crippen molar-refractivity contribution in [2.45, 2.75) is 56.5 Å². The second-order valence-electron chi connectivity index (χ2n) is 9.53. The van der Waals surface area contributed by atoms with Crippen LogP contribution in [-0.2, 0) is 17.8 Å². The van der Waals surface area contributed by atoms with E-state index in [2.05, 4.69) is 25.1 Å². The van der Waals surface area contributed by atoms with Crippen LogP contribution in [0.2, 0.25) is 0 Å². The van der Waals surface area contributed by atoms with E-state index < -0.39 is 12.0 Å². The van der Waals surface area contributed by atoms with Crippen molar-refractivity contribution in [1.82, 2.24) is 9.13 Å². The summed E-state index contributed by atoms with van der Waals surface area (Å²) in [5, 5.41) is 9.71. The number of thioether (sulfide) groups is 1. The van der Waals surface area contributed by atoms with Gasteiger partial charge in [0.25, 0.3) is 0 Å². The van der Waals surface area contributed by atoms with Gasteiger partial charge < -0.3 is 5.11 Å². The highest BCUT2D eigenvalue weighted by Crippen LogP contribution is 2.42. The summed E-state index contributed by atoms with van der Waals surface area (Å²) in [6.07, 6.45) is 1.22. The number of carbonyl (C=O) groups is 1. The third-order valence-electron chi connectivity index (χ3n) is 7.04. The van der Waals surface area contributed by atoms with Crippen molar-refractivity contribution in [2.24, 2.45) is 0 Å². The first kappa shape index (κ1) is 23.5. The zero-order valence-corrected chi connectivity index (χ0v) is 20.9. The number of benzene rings is 3. The number of hydrogen-bond donors (Lipinski definition) is 1. The molecule has 0 aliphatic carbocycles. The maximum absolute atomic E-state index is 13.9. The van der Waals surface area contributed by atoms with Crippen molar-refractivity contribution in [3.8, 4) is 0 Å². The molecule has 6 heteroatoms. The van der Waals surface area contributed by atoms with Gasteiger partial charge in [0.05, 0.1) is 17.5 Å². The summed E-state index contributed by atoms with van der Waals surface area (Å²) in [7, 11) is 0. The topological polar surface area (TPSA) is 64.2 Å². The molecule has 3 aromatic carbocycles. The highest BCUT2D eigenvalue weighted by molar-refractivity contribution is 7.99. The van der Waals surface area contributed by atoms with E-state index in [1.54, 1.807) is 4.57 Å². The van der Waals surface area contributed by atoms with Crippen LogP contribution in [0.4, 0.5) is 0 Å². The summed E-state index contributed by atoms with van der Waals surface area (Å²) in [5.41, 5.74) is 6.38. The molecule has 5 rings (SSSR count). The lowest BCUT2D eigenvalue weighted by Crippen LogP contribution is -2.30. The van der Waals surface area contributed by atoms with Crippen LogP contribution in [0.25, 0.3) is 11.0 Å². The van der Waals surface area contributed by atoms with Gasteiger partial charge in [-0.1, -0.05) is 48.5 Å². The average Bonchev–Trinajstić information content (AvgIpc) is 3.37. The smallest absolute Gasteiger partial charge is 0.329 e. The van der Waals surface area contributed by atoms with Crippen LogP contribution in [0.15, 0.2) is 76.4 Å². The van der Waals surface area contributed by atoms with Crippen molar-refractivity contribution < 1.29 is 9.90 Å². The number of aliphatic carboxylic acids is 1. The van der Waals surface area contributed by atoms with Gasteiger partial charge in [-0.05, 0) is 67.1 Å². The van der Waals surface area contributed by atoms with Gasteiger partial charge in [-0.25, -0.2) is 4.79 Å². The van der Waals surface area contributed by atoms with Crippen LogP contribution in [0, 0.1) is 13.8 Å². The Hall–Kier alpha value is -3.25. The van der Waals surface area contributed by atoms with Crippen LogP contribution >= 0.6 is 11.8 Å². The van der Waals surface area contributed by atoms with Gasteiger partial charge in [-0.3, -0.25) is 13.9 Å². The second-order valence-corrected chi connectivity index (χ2v) is 10.6. The number of nitrogens with zero attached hydrogens (tertiary/aromatic N) is 2. The van der Waals surface area contributed by atoms with Crippen molar-refractivity contribution in [2.75, 3.05) is 5.75 Å². The van der Waals surface area contributed by atoms with Crippen LogP contribution < -0.4 is 5.69 Å². The van der Waals surface area contributed by atoms with Crippen LogP contribution in [0.5, 0.6) is 0 Å². The van der Waals surface area contributed by atoms with Crippen molar-refractivity contribution in [1.29, 1.82) is 0 Å². The summed E-state index contributed by atoms with van der Waals surface area (Å²) >= 11 is 1.85. The quantitative estimate of drug-likeness (QED) is 0.334. The number of imidazole rings is 1. The molecule has 0 radical (unpaired) electrons. The van der Waals surface area contributed by atoms with Gasteiger partial charge in [-0.15, -0.1) is 11.8 Å². The molecule has 0 fully saturated rings. The fourth-order valence-corrected chi connectivity index (χ4v) is 6.67. The third kappa shape index (κ3) is 4.67. The summed E-state index contributed by atoms with van der Waals surface area (Å²) in [5.74, 6) is 0.300. The van der Waals surface area contributed by atoms with E-state index in [9.17, 15) is 14.7 Å². The normalized spacial score (nSPS) is 15.9. The first-order valence-corrected chi connectivity index (χ1v) is 13.1. The van der Waals surface area contributed by atoms with Crippen LogP contribution in [0.1, 0.15) is 47.1 Å². The molecule has 1 aliphatic rings. The predicted molar refractivity (Wildman–Crippen MR) is 142 cm³/mol. The Bertz CT molecular complexity index is 1440. The van der Waals surface area contributed by atoms with Gasteiger partial charge >= 0.3 is 11.7 Å². The van der Waals surface area contributed by atoms with Gasteiger partial charge in [0.1, 0.15) is 0 Å². The number of aryl methyl sites for hydroxylation is 3. The van der Waals surface area contributed by atoms with E-state index in [-0.39, 0.29) is 18.0 Å². The molecule has 180 valence electrons. The predicted octanol–water partition coefficient (Wildman–Crippen LogP) is 5.96.